The van der Waals surface area contributed by atoms with Gasteiger partial charge < -0.3 is 10.0 Å². The maximum atomic E-state index is 11.0. The van der Waals surface area contributed by atoms with Crippen molar-refractivity contribution in [1.29, 1.82) is 0 Å². The van der Waals surface area contributed by atoms with Crippen LogP contribution in [0.1, 0.15) is 55.1 Å². The van der Waals surface area contributed by atoms with Crippen molar-refractivity contribution in [3.05, 3.63) is 17.5 Å². The van der Waals surface area contributed by atoms with E-state index in [0.717, 1.165) is 19.4 Å². The molecule has 1 aromatic rings. The molecule has 0 aromatic carbocycles. The van der Waals surface area contributed by atoms with Crippen molar-refractivity contribution in [2.75, 3.05) is 11.4 Å². The van der Waals surface area contributed by atoms with Gasteiger partial charge in [-0.05, 0) is 26.2 Å². The first-order valence-electron chi connectivity index (χ1n) is 6.97. The molecule has 1 saturated heterocycles. The summed E-state index contributed by atoms with van der Waals surface area (Å²) in [7, 11) is 0. The smallest absolute Gasteiger partial charge is 0.339 e. The van der Waals surface area contributed by atoms with Crippen LogP contribution in [0.4, 0.5) is 5.95 Å². The topological polar surface area (TPSA) is 66.3 Å². The lowest BCUT2D eigenvalue weighted by Gasteiger charge is -2.29. The first-order valence-corrected chi connectivity index (χ1v) is 6.97. The van der Waals surface area contributed by atoms with E-state index in [2.05, 4.69) is 21.8 Å². The van der Waals surface area contributed by atoms with E-state index in [4.69, 9.17) is 5.11 Å². The van der Waals surface area contributed by atoms with E-state index < -0.39 is 5.97 Å². The van der Waals surface area contributed by atoms with Crippen molar-refractivity contribution in [2.24, 2.45) is 0 Å². The van der Waals surface area contributed by atoms with Gasteiger partial charge in [-0.15, -0.1) is 0 Å². The molecule has 0 bridgehead atoms. The molecule has 0 saturated carbocycles. The number of hydrogen-bond donors (Lipinski definition) is 1. The van der Waals surface area contributed by atoms with E-state index >= 15 is 0 Å². The van der Waals surface area contributed by atoms with Gasteiger partial charge in [0.2, 0.25) is 5.95 Å². The zero-order valence-electron chi connectivity index (χ0n) is 11.6. The molecule has 0 spiro atoms. The van der Waals surface area contributed by atoms with Gasteiger partial charge in [0.05, 0.1) is 11.3 Å². The Labute approximate surface area is 113 Å². The fraction of sp³-hybridized carbons (Fsp3) is 0.643. The molecule has 1 N–H and O–H groups in total. The number of rotatable bonds is 3. The number of hydrogen-bond acceptors (Lipinski definition) is 4. The third-order valence-electron chi connectivity index (χ3n) is 3.80. The van der Waals surface area contributed by atoms with Gasteiger partial charge in [0.1, 0.15) is 0 Å². The molecule has 5 heteroatoms. The van der Waals surface area contributed by atoms with Gasteiger partial charge in [-0.2, -0.15) is 0 Å². The minimum absolute atomic E-state index is 0.187. The Morgan fingerprint density at radius 3 is 2.89 bits per heavy atom. The van der Waals surface area contributed by atoms with E-state index in [0.29, 0.717) is 17.7 Å². The van der Waals surface area contributed by atoms with Gasteiger partial charge in [-0.25, -0.2) is 14.8 Å². The molecule has 19 heavy (non-hydrogen) atoms. The van der Waals surface area contributed by atoms with E-state index in [1.807, 2.05) is 0 Å². The van der Waals surface area contributed by atoms with Gasteiger partial charge in [0.25, 0.3) is 0 Å². The number of carbonyl (C=O) groups is 1. The Hall–Kier alpha value is -1.65. The third kappa shape index (κ3) is 3.03. The fourth-order valence-electron chi connectivity index (χ4n) is 2.67. The lowest BCUT2D eigenvalue weighted by atomic mass is 10.1. The minimum atomic E-state index is -0.966. The van der Waals surface area contributed by atoms with E-state index in [9.17, 15) is 4.79 Å². The molecule has 1 unspecified atom stereocenters. The van der Waals surface area contributed by atoms with Gasteiger partial charge in [0.15, 0.2) is 0 Å². The quantitative estimate of drug-likeness (QED) is 0.908. The molecule has 5 nitrogen and oxygen atoms in total. The molecule has 1 aliphatic heterocycles. The molecular weight excluding hydrogens is 242 g/mol. The minimum Gasteiger partial charge on any atom is -0.478 e. The summed E-state index contributed by atoms with van der Waals surface area (Å²) in [4.78, 5) is 21.9. The van der Waals surface area contributed by atoms with Crippen molar-refractivity contribution in [2.45, 2.75) is 52.0 Å². The van der Waals surface area contributed by atoms with Crippen molar-refractivity contribution in [3.8, 4) is 0 Å². The van der Waals surface area contributed by atoms with E-state index in [1.165, 1.54) is 25.5 Å². The predicted molar refractivity (Wildman–Crippen MR) is 73.6 cm³/mol. The number of anilines is 1. The molecule has 0 aliphatic carbocycles. The SMILES string of the molecule is CCC1CCCCCN1c1ncc(C(=O)O)c(C)n1. The maximum absolute atomic E-state index is 11.0. The van der Waals surface area contributed by atoms with Crippen molar-refractivity contribution >= 4 is 11.9 Å². The second-order valence-corrected chi connectivity index (χ2v) is 5.08. The lowest BCUT2D eigenvalue weighted by molar-refractivity contribution is 0.0695. The average Bonchev–Trinajstić information content (AvgIpc) is 2.63. The first kappa shape index (κ1) is 13.8. The summed E-state index contributed by atoms with van der Waals surface area (Å²) in [5.41, 5.74) is 0.725. The van der Waals surface area contributed by atoms with Crippen LogP contribution < -0.4 is 4.90 Å². The highest BCUT2D eigenvalue weighted by molar-refractivity contribution is 5.88. The van der Waals surface area contributed by atoms with Gasteiger partial charge in [-0.3, -0.25) is 0 Å². The van der Waals surface area contributed by atoms with Crippen LogP contribution in [-0.2, 0) is 0 Å². The standard InChI is InChI=1S/C14H21N3O2/c1-3-11-7-5-4-6-8-17(11)14-15-9-12(13(18)19)10(2)16-14/h9,11H,3-8H2,1-2H3,(H,18,19). The molecule has 1 fully saturated rings. The highest BCUT2D eigenvalue weighted by atomic mass is 16.4. The summed E-state index contributed by atoms with van der Waals surface area (Å²) in [6, 6.07) is 0.470. The van der Waals surface area contributed by atoms with Crippen LogP contribution in [0.15, 0.2) is 6.20 Å². The Bertz CT molecular complexity index is 462. The number of aromatic nitrogens is 2. The number of aryl methyl sites for hydroxylation is 1. The van der Waals surface area contributed by atoms with Crippen LogP contribution in [0.3, 0.4) is 0 Å². The van der Waals surface area contributed by atoms with Crippen LogP contribution in [-0.4, -0.2) is 33.6 Å². The Morgan fingerprint density at radius 2 is 2.26 bits per heavy atom. The van der Waals surface area contributed by atoms with Crippen molar-refractivity contribution in [3.63, 3.8) is 0 Å². The Morgan fingerprint density at radius 1 is 1.47 bits per heavy atom. The van der Waals surface area contributed by atoms with Crippen LogP contribution in [0.2, 0.25) is 0 Å². The van der Waals surface area contributed by atoms with Crippen molar-refractivity contribution < 1.29 is 9.90 Å². The summed E-state index contributed by atoms with van der Waals surface area (Å²) in [5, 5.41) is 9.02. The maximum Gasteiger partial charge on any atom is 0.339 e. The lowest BCUT2D eigenvalue weighted by Crippen LogP contribution is -2.36. The second-order valence-electron chi connectivity index (χ2n) is 5.08. The molecule has 104 valence electrons. The van der Waals surface area contributed by atoms with Crippen LogP contribution >= 0.6 is 0 Å². The van der Waals surface area contributed by atoms with Gasteiger partial charge in [0, 0.05) is 18.8 Å². The van der Waals surface area contributed by atoms with E-state index in [-0.39, 0.29) is 5.56 Å². The largest absolute Gasteiger partial charge is 0.478 e. The number of carboxylic acid groups (broad SMARTS) is 1. The number of nitrogens with zero attached hydrogens (tertiary/aromatic N) is 3. The average molecular weight is 263 g/mol. The Kier molecular flexibility index (Phi) is 4.35. The molecule has 0 radical (unpaired) electrons. The molecule has 2 heterocycles. The number of carboxylic acids is 1. The zero-order valence-corrected chi connectivity index (χ0v) is 11.6. The van der Waals surface area contributed by atoms with E-state index in [1.54, 1.807) is 6.92 Å². The molecule has 1 atom stereocenters. The van der Waals surface area contributed by atoms with Crippen molar-refractivity contribution in [1.82, 2.24) is 9.97 Å². The predicted octanol–water partition coefficient (Wildman–Crippen LogP) is 2.64. The third-order valence-corrected chi connectivity index (χ3v) is 3.80. The summed E-state index contributed by atoms with van der Waals surface area (Å²) >= 11 is 0. The normalized spacial score (nSPS) is 20.1. The highest BCUT2D eigenvalue weighted by Gasteiger charge is 2.22. The number of aromatic carboxylic acids is 1. The molecular formula is C14H21N3O2. The summed E-state index contributed by atoms with van der Waals surface area (Å²) in [5.74, 6) is -0.289. The summed E-state index contributed by atoms with van der Waals surface area (Å²) in [6.07, 6.45) is 7.32. The highest BCUT2D eigenvalue weighted by Crippen LogP contribution is 2.23. The monoisotopic (exact) mass is 263 g/mol. The van der Waals surface area contributed by atoms with Crippen LogP contribution in [0.25, 0.3) is 0 Å². The van der Waals surface area contributed by atoms with Crippen LogP contribution in [0.5, 0.6) is 0 Å². The summed E-state index contributed by atoms with van der Waals surface area (Å²) < 4.78 is 0. The molecule has 1 aromatic heterocycles. The fourth-order valence-corrected chi connectivity index (χ4v) is 2.67. The molecule has 1 aliphatic rings. The Balaban J connectivity index is 2.28. The second kappa shape index (κ2) is 5.99. The van der Waals surface area contributed by atoms with Gasteiger partial charge in [-0.1, -0.05) is 19.8 Å². The van der Waals surface area contributed by atoms with Gasteiger partial charge >= 0.3 is 5.97 Å². The zero-order chi connectivity index (χ0) is 13.8. The molecule has 2 rings (SSSR count). The van der Waals surface area contributed by atoms with Crippen LogP contribution in [0, 0.1) is 6.92 Å². The molecule has 0 amide bonds. The first-order chi connectivity index (χ1) is 9.13. The summed E-state index contributed by atoms with van der Waals surface area (Å²) in [6.45, 7) is 4.87.